The molecule has 0 aliphatic rings. The zero-order valence-corrected chi connectivity index (χ0v) is 6.73. The smallest absolute Gasteiger partial charge is 0.0901 e. The van der Waals surface area contributed by atoms with Crippen molar-refractivity contribution in [2.45, 2.75) is 6.92 Å². The summed E-state index contributed by atoms with van der Waals surface area (Å²) in [5, 5.41) is 2.81. The molecular formula is C7H11ClN2. The SMILES string of the molecule is C=C(/C=C\N=C/C)NCCl. The van der Waals surface area contributed by atoms with Crippen LogP contribution in [0, 0.1) is 0 Å². The van der Waals surface area contributed by atoms with Gasteiger partial charge in [-0.05, 0) is 13.0 Å². The summed E-state index contributed by atoms with van der Waals surface area (Å²) in [6, 6.07) is 0.374. The van der Waals surface area contributed by atoms with Gasteiger partial charge in [0.1, 0.15) is 0 Å². The quantitative estimate of drug-likeness (QED) is 0.287. The first-order chi connectivity index (χ1) is 4.81. The standard InChI is InChI=1S/C7H11ClN2/c1-3-9-5-4-7(2)10-6-8/h3-5,10H,2,6H2,1H3/b5-4-,9-3-. The van der Waals surface area contributed by atoms with E-state index in [1.54, 1.807) is 18.5 Å². The zero-order valence-electron chi connectivity index (χ0n) is 5.97. The lowest BCUT2D eigenvalue weighted by molar-refractivity contribution is 0.995. The predicted molar refractivity (Wildman–Crippen MR) is 46.3 cm³/mol. The van der Waals surface area contributed by atoms with Crippen molar-refractivity contribution in [3.8, 4) is 0 Å². The third kappa shape index (κ3) is 5.38. The lowest BCUT2D eigenvalue weighted by atomic mass is 10.5. The van der Waals surface area contributed by atoms with Crippen molar-refractivity contribution in [3.05, 3.63) is 24.6 Å². The van der Waals surface area contributed by atoms with Gasteiger partial charge >= 0.3 is 0 Å². The minimum atomic E-state index is 0.374. The Morgan fingerprint density at radius 1 is 1.80 bits per heavy atom. The van der Waals surface area contributed by atoms with Gasteiger partial charge in [0.2, 0.25) is 0 Å². The Morgan fingerprint density at radius 3 is 3.00 bits per heavy atom. The lowest BCUT2D eigenvalue weighted by Crippen LogP contribution is -2.06. The minimum absolute atomic E-state index is 0.374. The highest BCUT2D eigenvalue weighted by Crippen LogP contribution is 1.87. The van der Waals surface area contributed by atoms with Crippen LogP contribution in [0.25, 0.3) is 0 Å². The number of alkyl halides is 1. The van der Waals surface area contributed by atoms with Crippen LogP contribution >= 0.6 is 11.6 Å². The summed E-state index contributed by atoms with van der Waals surface area (Å²) in [6.07, 6.45) is 5.11. The van der Waals surface area contributed by atoms with Crippen molar-refractivity contribution >= 4 is 17.8 Å². The van der Waals surface area contributed by atoms with Gasteiger partial charge in [-0.1, -0.05) is 6.58 Å². The molecule has 1 N–H and O–H groups in total. The summed E-state index contributed by atoms with van der Waals surface area (Å²) >= 11 is 5.36. The number of aliphatic imine (C=N–C) groups is 1. The van der Waals surface area contributed by atoms with Crippen LogP contribution in [-0.2, 0) is 0 Å². The highest BCUT2D eigenvalue weighted by Gasteiger charge is 1.79. The summed E-state index contributed by atoms with van der Waals surface area (Å²) in [6.45, 7) is 5.51. The normalized spacial score (nSPS) is 11.0. The van der Waals surface area contributed by atoms with Crippen LogP contribution in [0.4, 0.5) is 0 Å². The predicted octanol–water partition coefficient (Wildman–Crippen LogP) is 1.89. The number of hydrogen-bond donors (Lipinski definition) is 1. The van der Waals surface area contributed by atoms with E-state index in [9.17, 15) is 0 Å². The van der Waals surface area contributed by atoms with Crippen molar-refractivity contribution in [2.24, 2.45) is 4.99 Å². The van der Waals surface area contributed by atoms with Crippen LogP contribution in [0.5, 0.6) is 0 Å². The van der Waals surface area contributed by atoms with Crippen LogP contribution < -0.4 is 5.32 Å². The molecule has 0 unspecified atom stereocenters. The van der Waals surface area contributed by atoms with Gasteiger partial charge in [-0.25, -0.2) is 0 Å². The molecular weight excluding hydrogens is 148 g/mol. The molecule has 0 bridgehead atoms. The summed E-state index contributed by atoms with van der Waals surface area (Å²) in [5.74, 6) is 0. The fraction of sp³-hybridized carbons (Fsp3) is 0.286. The van der Waals surface area contributed by atoms with E-state index >= 15 is 0 Å². The molecule has 0 aromatic heterocycles. The summed E-state index contributed by atoms with van der Waals surface area (Å²) in [4.78, 5) is 3.84. The first-order valence-corrected chi connectivity index (χ1v) is 3.47. The lowest BCUT2D eigenvalue weighted by Gasteiger charge is -1.96. The second kappa shape index (κ2) is 6.36. The zero-order chi connectivity index (χ0) is 7.82. The molecule has 0 spiro atoms. The van der Waals surface area contributed by atoms with E-state index in [-0.39, 0.29) is 0 Å². The van der Waals surface area contributed by atoms with Gasteiger partial charge in [-0.2, -0.15) is 0 Å². The molecule has 0 aromatic rings. The van der Waals surface area contributed by atoms with E-state index in [0.29, 0.717) is 6.00 Å². The summed E-state index contributed by atoms with van der Waals surface area (Å²) in [7, 11) is 0. The van der Waals surface area contributed by atoms with Gasteiger partial charge in [-0.15, -0.1) is 11.6 Å². The first kappa shape index (κ1) is 9.24. The highest BCUT2D eigenvalue weighted by molar-refractivity contribution is 6.17. The topological polar surface area (TPSA) is 24.4 Å². The fourth-order valence-electron chi connectivity index (χ4n) is 0.364. The fourth-order valence-corrected chi connectivity index (χ4v) is 0.535. The van der Waals surface area contributed by atoms with Crippen molar-refractivity contribution < 1.29 is 0 Å². The first-order valence-electron chi connectivity index (χ1n) is 2.94. The Labute approximate surface area is 66.3 Å². The molecule has 0 heterocycles. The van der Waals surface area contributed by atoms with Crippen LogP contribution in [0.2, 0.25) is 0 Å². The summed E-state index contributed by atoms with van der Waals surface area (Å²) < 4.78 is 0. The van der Waals surface area contributed by atoms with Crippen LogP contribution in [0.1, 0.15) is 6.92 Å². The number of nitrogens with zero attached hydrogens (tertiary/aromatic N) is 1. The number of nitrogens with one attached hydrogen (secondary N) is 1. The number of halogens is 1. The Hall–Kier alpha value is -0.760. The largest absolute Gasteiger partial charge is 0.372 e. The third-order valence-electron chi connectivity index (χ3n) is 0.805. The van der Waals surface area contributed by atoms with E-state index < -0.39 is 0 Å². The average Bonchev–Trinajstić information content (AvgIpc) is 1.89. The van der Waals surface area contributed by atoms with Gasteiger partial charge in [0.05, 0.1) is 6.00 Å². The molecule has 2 nitrogen and oxygen atoms in total. The van der Waals surface area contributed by atoms with Crippen molar-refractivity contribution in [1.82, 2.24) is 5.32 Å². The molecule has 0 fully saturated rings. The van der Waals surface area contributed by atoms with Gasteiger partial charge < -0.3 is 5.32 Å². The third-order valence-corrected chi connectivity index (χ3v) is 0.938. The molecule has 0 saturated carbocycles. The Morgan fingerprint density at radius 2 is 2.50 bits per heavy atom. The Balaban J connectivity index is 3.56. The van der Waals surface area contributed by atoms with Crippen molar-refractivity contribution in [3.63, 3.8) is 0 Å². The molecule has 0 radical (unpaired) electrons. The second-order valence-electron chi connectivity index (χ2n) is 1.56. The molecule has 0 aliphatic carbocycles. The van der Waals surface area contributed by atoms with Crippen LogP contribution in [0.15, 0.2) is 29.5 Å². The molecule has 10 heavy (non-hydrogen) atoms. The van der Waals surface area contributed by atoms with E-state index in [4.69, 9.17) is 11.6 Å². The average molecular weight is 159 g/mol. The van der Waals surface area contributed by atoms with E-state index in [1.165, 1.54) is 0 Å². The molecule has 0 amide bonds. The van der Waals surface area contributed by atoms with Crippen LogP contribution in [0.3, 0.4) is 0 Å². The number of allylic oxidation sites excluding steroid dienone is 1. The van der Waals surface area contributed by atoms with Gasteiger partial charge in [0, 0.05) is 18.1 Å². The molecule has 0 saturated heterocycles. The summed E-state index contributed by atoms with van der Waals surface area (Å²) in [5.41, 5.74) is 0.764. The molecule has 0 aromatic carbocycles. The molecule has 0 aliphatic heterocycles. The Kier molecular flexibility index (Phi) is 5.88. The molecule has 0 rings (SSSR count). The number of hydrogen-bond acceptors (Lipinski definition) is 2. The maximum absolute atomic E-state index is 5.36. The van der Waals surface area contributed by atoms with E-state index in [1.807, 2.05) is 6.92 Å². The Bertz CT molecular complexity index is 150. The maximum atomic E-state index is 5.36. The van der Waals surface area contributed by atoms with Gasteiger partial charge in [-0.3, -0.25) is 4.99 Å². The maximum Gasteiger partial charge on any atom is 0.0901 e. The highest BCUT2D eigenvalue weighted by atomic mass is 35.5. The van der Waals surface area contributed by atoms with Gasteiger partial charge in [0.15, 0.2) is 0 Å². The molecule has 0 atom stereocenters. The van der Waals surface area contributed by atoms with Crippen LogP contribution in [-0.4, -0.2) is 12.2 Å². The molecule has 3 heteroatoms. The molecule has 56 valence electrons. The second-order valence-corrected chi connectivity index (χ2v) is 1.83. The number of rotatable bonds is 4. The van der Waals surface area contributed by atoms with Gasteiger partial charge in [0.25, 0.3) is 0 Å². The minimum Gasteiger partial charge on any atom is -0.372 e. The van der Waals surface area contributed by atoms with Crippen molar-refractivity contribution in [2.75, 3.05) is 6.00 Å². The van der Waals surface area contributed by atoms with Crippen molar-refractivity contribution in [1.29, 1.82) is 0 Å². The van der Waals surface area contributed by atoms with E-state index in [2.05, 4.69) is 16.9 Å². The monoisotopic (exact) mass is 158 g/mol. The van der Waals surface area contributed by atoms with E-state index in [0.717, 1.165) is 5.70 Å².